The molecule has 0 saturated carbocycles. The number of thiophene rings is 1. The van der Waals surface area contributed by atoms with Crippen molar-refractivity contribution in [3.63, 3.8) is 0 Å². The number of aryl methyl sites for hydroxylation is 1. The van der Waals surface area contributed by atoms with Crippen LogP contribution >= 0.6 is 22.9 Å². The van der Waals surface area contributed by atoms with Crippen LogP contribution in [0.1, 0.15) is 27.9 Å². The van der Waals surface area contributed by atoms with E-state index in [1.807, 2.05) is 13.0 Å². The fraction of sp³-hybridized carbons (Fsp3) is 0.286. The molecule has 0 aromatic carbocycles. The van der Waals surface area contributed by atoms with Crippen molar-refractivity contribution in [1.29, 1.82) is 0 Å². The van der Waals surface area contributed by atoms with E-state index in [-0.39, 0.29) is 17.0 Å². The van der Waals surface area contributed by atoms with Crippen LogP contribution in [-0.2, 0) is 6.54 Å². The van der Waals surface area contributed by atoms with Crippen molar-refractivity contribution in [3.05, 3.63) is 55.1 Å². The fourth-order valence-electron chi connectivity index (χ4n) is 1.86. The third kappa shape index (κ3) is 3.29. The standard InChI is InChI=1S/C14H15ClN2O2S/c1-3-17(8-10-5-7-12(15)20-10)14(19)11-6-4-9(2)16-13(11)18/h4-7H,3,8H2,1-2H3,(H,16,18). The van der Waals surface area contributed by atoms with Gasteiger partial charge in [0.1, 0.15) is 5.56 Å². The summed E-state index contributed by atoms with van der Waals surface area (Å²) in [6.45, 7) is 4.65. The van der Waals surface area contributed by atoms with E-state index in [0.29, 0.717) is 17.4 Å². The summed E-state index contributed by atoms with van der Waals surface area (Å²) in [6, 6.07) is 6.99. The van der Waals surface area contributed by atoms with E-state index < -0.39 is 0 Å². The number of aromatic nitrogens is 1. The number of carbonyl (C=O) groups excluding carboxylic acids is 1. The van der Waals surface area contributed by atoms with Gasteiger partial charge in [-0.2, -0.15) is 0 Å². The van der Waals surface area contributed by atoms with E-state index >= 15 is 0 Å². The average molecular weight is 311 g/mol. The van der Waals surface area contributed by atoms with Crippen LogP contribution in [0.5, 0.6) is 0 Å². The lowest BCUT2D eigenvalue weighted by Gasteiger charge is -2.19. The minimum atomic E-state index is -0.349. The van der Waals surface area contributed by atoms with Gasteiger partial charge in [-0.05, 0) is 38.1 Å². The highest BCUT2D eigenvalue weighted by Crippen LogP contribution is 2.23. The molecule has 0 aliphatic heterocycles. The van der Waals surface area contributed by atoms with Crippen LogP contribution in [0, 0.1) is 6.92 Å². The second kappa shape index (κ2) is 6.24. The number of amides is 1. The molecular formula is C14H15ClN2O2S. The Balaban J connectivity index is 2.22. The Bertz CT molecular complexity index is 678. The zero-order valence-electron chi connectivity index (χ0n) is 11.3. The Morgan fingerprint density at radius 3 is 2.65 bits per heavy atom. The number of hydrogen-bond acceptors (Lipinski definition) is 3. The van der Waals surface area contributed by atoms with Crippen LogP contribution < -0.4 is 5.56 Å². The molecule has 0 saturated heterocycles. The number of halogens is 1. The lowest BCUT2D eigenvalue weighted by atomic mass is 10.2. The van der Waals surface area contributed by atoms with Crippen LogP contribution in [0.2, 0.25) is 4.34 Å². The molecule has 2 heterocycles. The molecule has 20 heavy (non-hydrogen) atoms. The molecule has 1 amide bonds. The number of nitrogens with one attached hydrogen (secondary N) is 1. The predicted molar refractivity (Wildman–Crippen MR) is 81.5 cm³/mol. The molecule has 0 atom stereocenters. The smallest absolute Gasteiger partial charge is 0.260 e. The maximum absolute atomic E-state index is 12.4. The first-order valence-electron chi connectivity index (χ1n) is 6.24. The molecule has 2 aromatic rings. The SMILES string of the molecule is CCN(Cc1ccc(Cl)s1)C(=O)c1ccc(C)[nH]c1=O. The zero-order valence-corrected chi connectivity index (χ0v) is 12.8. The minimum Gasteiger partial charge on any atom is -0.334 e. The van der Waals surface area contributed by atoms with Gasteiger partial charge >= 0.3 is 0 Å². The van der Waals surface area contributed by atoms with Gasteiger partial charge in [0.05, 0.1) is 10.9 Å². The Morgan fingerprint density at radius 1 is 1.35 bits per heavy atom. The van der Waals surface area contributed by atoms with Crippen molar-refractivity contribution < 1.29 is 4.79 Å². The van der Waals surface area contributed by atoms with E-state index in [9.17, 15) is 9.59 Å². The monoisotopic (exact) mass is 310 g/mol. The van der Waals surface area contributed by atoms with Gasteiger partial charge in [0, 0.05) is 17.1 Å². The minimum absolute atomic E-state index is 0.167. The van der Waals surface area contributed by atoms with Crippen molar-refractivity contribution in [3.8, 4) is 0 Å². The van der Waals surface area contributed by atoms with Crippen LogP contribution in [0.3, 0.4) is 0 Å². The second-order valence-corrected chi connectivity index (χ2v) is 6.21. The van der Waals surface area contributed by atoms with E-state index in [2.05, 4.69) is 4.98 Å². The Morgan fingerprint density at radius 2 is 2.10 bits per heavy atom. The van der Waals surface area contributed by atoms with Crippen LogP contribution in [0.15, 0.2) is 29.1 Å². The Hall–Kier alpha value is -1.59. The fourth-order valence-corrected chi connectivity index (χ4v) is 2.97. The van der Waals surface area contributed by atoms with Gasteiger partial charge in [-0.3, -0.25) is 9.59 Å². The topological polar surface area (TPSA) is 53.2 Å². The molecule has 2 rings (SSSR count). The normalized spacial score (nSPS) is 10.6. The molecule has 106 valence electrons. The third-order valence-corrected chi connectivity index (χ3v) is 4.15. The van der Waals surface area contributed by atoms with Crippen molar-refractivity contribution in [2.75, 3.05) is 6.54 Å². The largest absolute Gasteiger partial charge is 0.334 e. The molecule has 6 heteroatoms. The van der Waals surface area contributed by atoms with Crippen LogP contribution in [-0.4, -0.2) is 22.3 Å². The number of nitrogens with zero attached hydrogens (tertiary/aromatic N) is 1. The maximum atomic E-state index is 12.4. The predicted octanol–water partition coefficient (Wildman–Crippen LogP) is 3.06. The summed E-state index contributed by atoms with van der Waals surface area (Å²) in [7, 11) is 0. The number of pyridine rings is 1. The van der Waals surface area contributed by atoms with Gasteiger partial charge in [0.25, 0.3) is 11.5 Å². The van der Waals surface area contributed by atoms with E-state index in [0.717, 1.165) is 10.6 Å². The first-order chi connectivity index (χ1) is 9.51. The van der Waals surface area contributed by atoms with Gasteiger partial charge in [-0.15, -0.1) is 11.3 Å². The molecule has 1 N–H and O–H groups in total. The van der Waals surface area contributed by atoms with E-state index in [1.165, 1.54) is 11.3 Å². The molecule has 0 unspecified atom stereocenters. The van der Waals surface area contributed by atoms with Gasteiger partial charge in [-0.1, -0.05) is 11.6 Å². The molecule has 0 spiro atoms. The van der Waals surface area contributed by atoms with Gasteiger partial charge in [0.15, 0.2) is 0 Å². The highest BCUT2D eigenvalue weighted by Gasteiger charge is 2.18. The molecule has 0 aliphatic carbocycles. The van der Waals surface area contributed by atoms with Gasteiger partial charge in [-0.25, -0.2) is 0 Å². The molecule has 0 aliphatic rings. The first kappa shape index (κ1) is 14.8. The number of H-pyrrole nitrogens is 1. The summed E-state index contributed by atoms with van der Waals surface area (Å²) in [6.07, 6.45) is 0. The summed E-state index contributed by atoms with van der Waals surface area (Å²) in [5.41, 5.74) is 0.553. The summed E-state index contributed by atoms with van der Waals surface area (Å²) in [5, 5.41) is 0. The number of aromatic amines is 1. The maximum Gasteiger partial charge on any atom is 0.260 e. The molecule has 2 aromatic heterocycles. The number of carbonyl (C=O) groups is 1. The molecule has 0 radical (unpaired) electrons. The van der Waals surface area contributed by atoms with Gasteiger partial charge in [0.2, 0.25) is 0 Å². The highest BCUT2D eigenvalue weighted by atomic mass is 35.5. The van der Waals surface area contributed by atoms with Crippen LogP contribution in [0.25, 0.3) is 0 Å². The Kier molecular flexibility index (Phi) is 4.62. The molecular weight excluding hydrogens is 296 g/mol. The van der Waals surface area contributed by atoms with Crippen molar-refractivity contribution in [1.82, 2.24) is 9.88 Å². The molecule has 0 bridgehead atoms. The number of rotatable bonds is 4. The highest BCUT2D eigenvalue weighted by molar-refractivity contribution is 7.16. The van der Waals surface area contributed by atoms with E-state index in [4.69, 9.17) is 11.6 Å². The Labute approximate surface area is 126 Å². The van der Waals surface area contributed by atoms with Crippen LogP contribution in [0.4, 0.5) is 0 Å². The average Bonchev–Trinajstić information content (AvgIpc) is 2.81. The third-order valence-electron chi connectivity index (χ3n) is 2.93. The summed E-state index contributed by atoms with van der Waals surface area (Å²) < 4.78 is 0.691. The van der Waals surface area contributed by atoms with Crippen molar-refractivity contribution in [2.45, 2.75) is 20.4 Å². The molecule has 0 fully saturated rings. The van der Waals surface area contributed by atoms with Crippen molar-refractivity contribution >= 4 is 28.8 Å². The summed E-state index contributed by atoms with van der Waals surface area (Å²) >= 11 is 7.32. The first-order valence-corrected chi connectivity index (χ1v) is 7.44. The zero-order chi connectivity index (χ0) is 14.7. The number of hydrogen-bond donors (Lipinski definition) is 1. The molecule has 4 nitrogen and oxygen atoms in total. The van der Waals surface area contributed by atoms with Crippen molar-refractivity contribution in [2.24, 2.45) is 0 Å². The van der Waals surface area contributed by atoms with E-state index in [1.54, 1.807) is 30.0 Å². The van der Waals surface area contributed by atoms with Gasteiger partial charge < -0.3 is 9.88 Å². The lowest BCUT2D eigenvalue weighted by Crippen LogP contribution is -2.34. The summed E-state index contributed by atoms with van der Waals surface area (Å²) in [4.78, 5) is 29.5. The second-order valence-electron chi connectivity index (χ2n) is 4.41. The summed E-state index contributed by atoms with van der Waals surface area (Å²) in [5.74, 6) is -0.265. The quantitative estimate of drug-likeness (QED) is 0.943. The lowest BCUT2D eigenvalue weighted by molar-refractivity contribution is 0.0752.